The number of halogens is 1. The normalized spacial score (nSPS) is 33.0. The second-order valence-corrected chi connectivity index (χ2v) is 3.47. The summed E-state index contributed by atoms with van der Waals surface area (Å²) in [6, 6.07) is 0. The molecule has 0 bridgehead atoms. The van der Waals surface area contributed by atoms with E-state index in [-0.39, 0.29) is 18.0 Å². The fourth-order valence-corrected chi connectivity index (χ4v) is 1.25. The molecular formula is C7H14FN. The molecule has 9 heavy (non-hydrogen) atoms. The quantitative estimate of drug-likeness (QED) is 0.564. The first-order valence-electron chi connectivity index (χ1n) is 3.43. The molecular weight excluding hydrogens is 117 g/mol. The van der Waals surface area contributed by atoms with Crippen molar-refractivity contribution in [1.82, 2.24) is 5.32 Å². The van der Waals surface area contributed by atoms with Gasteiger partial charge < -0.3 is 5.32 Å². The summed E-state index contributed by atoms with van der Waals surface area (Å²) in [6.45, 7) is 5.85. The van der Waals surface area contributed by atoms with E-state index in [4.69, 9.17) is 0 Å². The lowest BCUT2D eigenvalue weighted by molar-refractivity contribution is 0.232. The number of hydrogen-bond acceptors (Lipinski definition) is 1. The second kappa shape index (κ2) is 2.25. The third kappa shape index (κ3) is 1.23. The van der Waals surface area contributed by atoms with E-state index in [1.54, 1.807) is 0 Å². The number of nitrogens with one attached hydrogen (secondary N) is 1. The van der Waals surface area contributed by atoms with Crippen LogP contribution in [0, 0.1) is 11.3 Å². The van der Waals surface area contributed by atoms with Gasteiger partial charge in [0.25, 0.3) is 0 Å². The Hall–Kier alpha value is -0.110. The minimum absolute atomic E-state index is 0.175. The van der Waals surface area contributed by atoms with Gasteiger partial charge in [-0.25, -0.2) is 0 Å². The van der Waals surface area contributed by atoms with E-state index < -0.39 is 0 Å². The highest BCUT2D eigenvalue weighted by Crippen LogP contribution is 2.29. The van der Waals surface area contributed by atoms with Gasteiger partial charge in [-0.05, 0) is 5.41 Å². The van der Waals surface area contributed by atoms with E-state index in [0.717, 1.165) is 13.1 Å². The third-order valence-electron chi connectivity index (χ3n) is 2.26. The number of rotatable bonds is 1. The molecule has 0 unspecified atom stereocenters. The Morgan fingerprint density at radius 3 is 2.56 bits per heavy atom. The lowest BCUT2D eigenvalue weighted by Gasteiger charge is -2.22. The molecule has 54 valence electrons. The van der Waals surface area contributed by atoms with Gasteiger partial charge in [0.05, 0.1) is 6.67 Å². The highest BCUT2D eigenvalue weighted by molar-refractivity contribution is 4.87. The molecule has 1 aliphatic rings. The van der Waals surface area contributed by atoms with Crippen molar-refractivity contribution in [3.05, 3.63) is 0 Å². The molecule has 1 saturated heterocycles. The largest absolute Gasteiger partial charge is 0.316 e. The molecule has 1 heterocycles. The highest BCUT2D eigenvalue weighted by atomic mass is 19.1. The monoisotopic (exact) mass is 131 g/mol. The van der Waals surface area contributed by atoms with Crippen molar-refractivity contribution in [2.24, 2.45) is 11.3 Å². The average Bonchev–Trinajstić information content (AvgIpc) is 2.08. The first-order chi connectivity index (χ1) is 4.17. The Bertz CT molecular complexity index is 101. The lowest BCUT2D eigenvalue weighted by Crippen LogP contribution is -2.23. The summed E-state index contributed by atoms with van der Waals surface area (Å²) in [4.78, 5) is 0. The van der Waals surface area contributed by atoms with Gasteiger partial charge in [-0.1, -0.05) is 13.8 Å². The molecule has 0 amide bonds. The molecule has 1 fully saturated rings. The Kier molecular flexibility index (Phi) is 1.75. The molecule has 0 radical (unpaired) electrons. The molecule has 2 heteroatoms. The SMILES string of the molecule is CC1(C)CNC[C@@H]1CF. The van der Waals surface area contributed by atoms with Gasteiger partial charge in [0, 0.05) is 19.0 Å². The Morgan fingerprint density at radius 1 is 1.67 bits per heavy atom. The Balaban J connectivity index is 2.52. The summed E-state index contributed by atoms with van der Waals surface area (Å²) in [6.07, 6.45) is 0. The van der Waals surface area contributed by atoms with Crippen LogP contribution < -0.4 is 5.32 Å². The fourth-order valence-electron chi connectivity index (χ4n) is 1.25. The molecule has 0 aromatic heterocycles. The van der Waals surface area contributed by atoms with Crippen LogP contribution in [-0.2, 0) is 0 Å². The van der Waals surface area contributed by atoms with Crippen LogP contribution in [0.3, 0.4) is 0 Å². The molecule has 1 nitrogen and oxygen atoms in total. The van der Waals surface area contributed by atoms with E-state index in [0.29, 0.717) is 0 Å². The molecule has 0 aromatic carbocycles. The fraction of sp³-hybridized carbons (Fsp3) is 1.00. The van der Waals surface area contributed by atoms with Crippen molar-refractivity contribution in [2.45, 2.75) is 13.8 Å². The van der Waals surface area contributed by atoms with Gasteiger partial charge in [0.15, 0.2) is 0 Å². The Labute approximate surface area is 55.6 Å². The van der Waals surface area contributed by atoms with E-state index in [1.807, 2.05) is 0 Å². The summed E-state index contributed by atoms with van der Waals surface area (Å²) >= 11 is 0. The van der Waals surface area contributed by atoms with Gasteiger partial charge in [-0.2, -0.15) is 0 Å². The van der Waals surface area contributed by atoms with Crippen molar-refractivity contribution in [1.29, 1.82) is 0 Å². The van der Waals surface area contributed by atoms with E-state index in [1.165, 1.54) is 0 Å². The first kappa shape index (κ1) is 7.00. The zero-order valence-electron chi connectivity index (χ0n) is 6.08. The maximum Gasteiger partial charge on any atom is 0.0940 e. The molecule has 0 spiro atoms. The zero-order valence-corrected chi connectivity index (χ0v) is 6.08. The molecule has 0 saturated carbocycles. The van der Waals surface area contributed by atoms with Gasteiger partial charge >= 0.3 is 0 Å². The highest BCUT2D eigenvalue weighted by Gasteiger charge is 2.33. The first-order valence-corrected chi connectivity index (χ1v) is 3.43. The van der Waals surface area contributed by atoms with Crippen LogP contribution >= 0.6 is 0 Å². The minimum Gasteiger partial charge on any atom is -0.316 e. The van der Waals surface area contributed by atoms with Gasteiger partial charge in [-0.3, -0.25) is 4.39 Å². The molecule has 0 aliphatic carbocycles. The maximum absolute atomic E-state index is 12.2. The molecule has 1 aliphatic heterocycles. The predicted molar refractivity (Wildman–Crippen MR) is 36.1 cm³/mol. The van der Waals surface area contributed by atoms with Crippen LogP contribution in [0.25, 0.3) is 0 Å². The van der Waals surface area contributed by atoms with Crippen LogP contribution in [0.5, 0.6) is 0 Å². The van der Waals surface area contributed by atoms with Crippen LogP contribution in [0.1, 0.15) is 13.8 Å². The van der Waals surface area contributed by atoms with Gasteiger partial charge in [0.1, 0.15) is 0 Å². The molecule has 1 atom stereocenters. The summed E-state index contributed by atoms with van der Waals surface area (Å²) in [7, 11) is 0. The smallest absolute Gasteiger partial charge is 0.0940 e. The summed E-state index contributed by atoms with van der Waals surface area (Å²) in [5.74, 6) is 0.234. The zero-order chi connectivity index (χ0) is 6.91. The number of alkyl halides is 1. The van der Waals surface area contributed by atoms with Gasteiger partial charge in [0.2, 0.25) is 0 Å². The van der Waals surface area contributed by atoms with E-state index in [9.17, 15) is 4.39 Å². The average molecular weight is 131 g/mol. The van der Waals surface area contributed by atoms with E-state index >= 15 is 0 Å². The van der Waals surface area contributed by atoms with Crippen molar-refractivity contribution < 1.29 is 4.39 Å². The second-order valence-electron chi connectivity index (χ2n) is 3.47. The number of hydrogen-bond donors (Lipinski definition) is 1. The molecule has 1 N–H and O–H groups in total. The third-order valence-corrected chi connectivity index (χ3v) is 2.26. The van der Waals surface area contributed by atoms with Gasteiger partial charge in [-0.15, -0.1) is 0 Å². The molecule has 0 aromatic rings. The van der Waals surface area contributed by atoms with E-state index in [2.05, 4.69) is 19.2 Å². The van der Waals surface area contributed by atoms with Crippen molar-refractivity contribution in [2.75, 3.05) is 19.8 Å². The topological polar surface area (TPSA) is 12.0 Å². The minimum atomic E-state index is -0.181. The lowest BCUT2D eigenvalue weighted by atomic mass is 9.83. The standard InChI is InChI=1S/C7H14FN/c1-7(2)5-9-4-6(7)3-8/h6,9H,3-5H2,1-2H3/t6-/m0/s1. The molecule has 1 rings (SSSR count). The van der Waals surface area contributed by atoms with Crippen LogP contribution in [0.15, 0.2) is 0 Å². The predicted octanol–water partition coefficient (Wildman–Crippen LogP) is 1.20. The summed E-state index contributed by atoms with van der Waals surface area (Å²) < 4.78 is 12.2. The van der Waals surface area contributed by atoms with Crippen molar-refractivity contribution >= 4 is 0 Å². The summed E-state index contributed by atoms with van der Waals surface area (Å²) in [5, 5.41) is 3.17. The van der Waals surface area contributed by atoms with Crippen molar-refractivity contribution in [3.63, 3.8) is 0 Å². The maximum atomic E-state index is 12.2. The van der Waals surface area contributed by atoms with Crippen LogP contribution in [-0.4, -0.2) is 19.8 Å². The van der Waals surface area contributed by atoms with Crippen LogP contribution in [0.4, 0.5) is 4.39 Å². The summed E-state index contributed by atoms with van der Waals surface area (Å²) in [5.41, 5.74) is 0.175. The Morgan fingerprint density at radius 2 is 2.33 bits per heavy atom. The van der Waals surface area contributed by atoms with Crippen LogP contribution in [0.2, 0.25) is 0 Å². The van der Waals surface area contributed by atoms with Crippen molar-refractivity contribution in [3.8, 4) is 0 Å².